The van der Waals surface area contributed by atoms with Crippen LogP contribution in [-0.2, 0) is 5.41 Å². The highest BCUT2D eigenvalue weighted by atomic mass is 79.9. The molecule has 92 valence electrons. The fourth-order valence-corrected chi connectivity index (χ4v) is 3.14. The van der Waals surface area contributed by atoms with E-state index in [4.69, 9.17) is 0 Å². The summed E-state index contributed by atoms with van der Waals surface area (Å²) in [4.78, 5) is 0. The Balaban J connectivity index is 2.54. The average Bonchev–Trinajstić information content (AvgIpc) is 2.53. The summed E-state index contributed by atoms with van der Waals surface area (Å²) in [5, 5.41) is 10.2. The summed E-state index contributed by atoms with van der Waals surface area (Å²) in [5.74, 6) is 0.831. The number of halogens is 1. The van der Waals surface area contributed by atoms with Crippen LogP contribution in [0.2, 0.25) is 0 Å². The molecule has 2 atom stereocenters. The zero-order chi connectivity index (χ0) is 12.8. The second-order valence-corrected chi connectivity index (χ2v) is 6.27. The number of benzene rings is 1. The van der Waals surface area contributed by atoms with Crippen LogP contribution in [0.3, 0.4) is 0 Å². The molecule has 17 heavy (non-hydrogen) atoms. The van der Waals surface area contributed by atoms with Gasteiger partial charge in [-0.15, -0.1) is 0 Å². The van der Waals surface area contributed by atoms with Crippen LogP contribution in [0.15, 0.2) is 28.8 Å². The predicted molar refractivity (Wildman–Crippen MR) is 75.4 cm³/mol. The summed E-state index contributed by atoms with van der Waals surface area (Å²) in [6.45, 7) is 10.6. The Labute approximate surface area is 112 Å². The topological polar surface area (TPSA) is 20.2 Å². The van der Waals surface area contributed by atoms with E-state index in [0.29, 0.717) is 11.7 Å². The number of phenolic OH excluding ortho intramolecular Hbond substituents is 1. The van der Waals surface area contributed by atoms with Gasteiger partial charge in [0.05, 0.1) is 0 Å². The third-order valence-electron chi connectivity index (χ3n) is 4.43. The maximum Gasteiger partial charge on any atom is 0.119 e. The molecule has 0 saturated heterocycles. The Morgan fingerprint density at radius 3 is 2.65 bits per heavy atom. The van der Waals surface area contributed by atoms with Crippen molar-refractivity contribution in [1.82, 2.24) is 0 Å². The molecule has 1 N–H and O–H groups in total. The van der Waals surface area contributed by atoms with Crippen LogP contribution >= 0.6 is 15.9 Å². The van der Waals surface area contributed by atoms with Gasteiger partial charge in [0.25, 0.3) is 0 Å². The van der Waals surface area contributed by atoms with Crippen molar-refractivity contribution in [2.75, 3.05) is 0 Å². The smallest absolute Gasteiger partial charge is 0.119 e. The van der Waals surface area contributed by atoms with Gasteiger partial charge in [0.2, 0.25) is 0 Å². The number of rotatable bonds is 1. The van der Waals surface area contributed by atoms with Gasteiger partial charge < -0.3 is 5.11 Å². The quantitative estimate of drug-likeness (QED) is 0.744. The molecule has 1 aromatic rings. The first kappa shape index (κ1) is 12.7. The fraction of sp³-hybridized carbons (Fsp3) is 0.467. The molecular formula is C15H19BrO. The van der Waals surface area contributed by atoms with Crippen molar-refractivity contribution < 1.29 is 5.11 Å². The minimum atomic E-state index is 0.0113. The van der Waals surface area contributed by atoms with Crippen LogP contribution in [0.5, 0.6) is 5.75 Å². The van der Waals surface area contributed by atoms with Crippen molar-refractivity contribution in [1.29, 1.82) is 0 Å². The minimum Gasteiger partial charge on any atom is -0.508 e. The molecule has 1 aliphatic carbocycles. The zero-order valence-corrected chi connectivity index (χ0v) is 12.3. The maximum absolute atomic E-state index is 10.2. The minimum absolute atomic E-state index is 0.0113. The van der Waals surface area contributed by atoms with E-state index in [2.05, 4.69) is 42.4 Å². The first-order valence-corrected chi connectivity index (χ1v) is 6.83. The van der Waals surface area contributed by atoms with Gasteiger partial charge >= 0.3 is 0 Å². The van der Waals surface area contributed by atoms with Gasteiger partial charge in [-0.05, 0) is 43.4 Å². The Morgan fingerprint density at radius 2 is 2.12 bits per heavy atom. The first-order chi connectivity index (χ1) is 7.86. The lowest BCUT2D eigenvalue weighted by atomic mass is 9.73. The number of hydrogen-bond donors (Lipinski definition) is 1. The molecule has 0 amide bonds. The molecule has 1 fully saturated rings. The molecule has 1 nitrogen and oxygen atoms in total. The summed E-state index contributed by atoms with van der Waals surface area (Å²) >= 11 is 3.55. The van der Waals surface area contributed by atoms with E-state index in [0.717, 1.165) is 28.4 Å². The summed E-state index contributed by atoms with van der Waals surface area (Å²) in [6.07, 6.45) is 2.12. The Hall–Kier alpha value is -0.760. The van der Waals surface area contributed by atoms with Crippen molar-refractivity contribution in [2.45, 2.75) is 39.0 Å². The second-order valence-electron chi connectivity index (χ2n) is 5.42. The molecule has 0 aliphatic heterocycles. The van der Waals surface area contributed by atoms with E-state index in [9.17, 15) is 5.11 Å². The number of aryl methyl sites for hydroxylation is 1. The molecular weight excluding hydrogens is 276 g/mol. The third-order valence-corrected chi connectivity index (χ3v) is 5.28. The van der Waals surface area contributed by atoms with Gasteiger partial charge in [0.1, 0.15) is 5.75 Å². The van der Waals surface area contributed by atoms with Crippen molar-refractivity contribution in [3.63, 3.8) is 0 Å². The van der Waals surface area contributed by atoms with E-state index < -0.39 is 0 Å². The Bertz CT molecular complexity index is 478. The molecule has 1 saturated carbocycles. The molecule has 0 aromatic heterocycles. The lowest BCUT2D eigenvalue weighted by molar-refractivity contribution is 0.369. The standard InChI is InChI=1S/C15H19BrO/c1-9-5-6-15(4,11(9)3)12-8-13(16)10(2)7-14(12)17/h7-8,11,17H,1,5-6H2,2-4H3. The van der Waals surface area contributed by atoms with Gasteiger partial charge in [-0.3, -0.25) is 0 Å². The monoisotopic (exact) mass is 294 g/mol. The lowest BCUT2D eigenvalue weighted by Crippen LogP contribution is -2.25. The molecule has 0 bridgehead atoms. The largest absolute Gasteiger partial charge is 0.508 e. The zero-order valence-electron chi connectivity index (χ0n) is 10.7. The first-order valence-electron chi connectivity index (χ1n) is 6.03. The van der Waals surface area contributed by atoms with Gasteiger partial charge in [-0.25, -0.2) is 0 Å². The number of phenols is 1. The molecule has 2 unspecified atom stereocenters. The van der Waals surface area contributed by atoms with Crippen LogP contribution in [0.1, 0.15) is 37.8 Å². The summed E-state index contributed by atoms with van der Waals surface area (Å²) in [6, 6.07) is 3.91. The van der Waals surface area contributed by atoms with E-state index in [1.165, 1.54) is 5.57 Å². The fourth-order valence-electron chi connectivity index (χ4n) is 2.80. The lowest BCUT2D eigenvalue weighted by Gasteiger charge is -2.31. The van der Waals surface area contributed by atoms with Crippen molar-refractivity contribution in [2.24, 2.45) is 5.92 Å². The molecule has 2 heteroatoms. The van der Waals surface area contributed by atoms with Crippen LogP contribution < -0.4 is 0 Å². The summed E-state index contributed by atoms with van der Waals surface area (Å²) in [7, 11) is 0. The van der Waals surface area contributed by atoms with E-state index in [1.54, 1.807) is 0 Å². The van der Waals surface area contributed by atoms with Crippen LogP contribution in [0, 0.1) is 12.8 Å². The Kier molecular flexibility index (Phi) is 3.11. The van der Waals surface area contributed by atoms with Crippen molar-refractivity contribution >= 4 is 15.9 Å². The highest BCUT2D eigenvalue weighted by Crippen LogP contribution is 2.50. The molecule has 1 aromatic carbocycles. The molecule has 0 radical (unpaired) electrons. The maximum atomic E-state index is 10.2. The highest BCUT2D eigenvalue weighted by molar-refractivity contribution is 9.10. The number of hydrogen-bond acceptors (Lipinski definition) is 1. The van der Waals surface area contributed by atoms with E-state index in [1.807, 2.05) is 13.0 Å². The SMILES string of the molecule is C=C1CCC(C)(c2cc(Br)c(C)cc2O)C1C. The number of allylic oxidation sites excluding steroid dienone is 1. The van der Waals surface area contributed by atoms with Gasteiger partial charge in [-0.2, -0.15) is 0 Å². The van der Waals surface area contributed by atoms with Gasteiger partial charge in [0.15, 0.2) is 0 Å². The average molecular weight is 295 g/mol. The normalized spacial score (nSPS) is 28.7. The van der Waals surface area contributed by atoms with Gasteiger partial charge in [0, 0.05) is 15.5 Å². The van der Waals surface area contributed by atoms with E-state index in [-0.39, 0.29) is 5.41 Å². The molecule has 0 spiro atoms. The molecule has 0 heterocycles. The van der Waals surface area contributed by atoms with Crippen LogP contribution in [0.25, 0.3) is 0 Å². The molecule has 2 rings (SSSR count). The molecule has 1 aliphatic rings. The number of aromatic hydroxyl groups is 1. The van der Waals surface area contributed by atoms with Crippen molar-refractivity contribution in [3.05, 3.63) is 39.9 Å². The predicted octanol–water partition coefficient (Wildman–Crippen LogP) is 4.71. The summed E-state index contributed by atoms with van der Waals surface area (Å²) < 4.78 is 1.07. The van der Waals surface area contributed by atoms with Crippen molar-refractivity contribution in [3.8, 4) is 5.75 Å². The van der Waals surface area contributed by atoms with Crippen LogP contribution in [0.4, 0.5) is 0 Å². The van der Waals surface area contributed by atoms with Crippen LogP contribution in [-0.4, -0.2) is 5.11 Å². The second kappa shape index (κ2) is 4.16. The van der Waals surface area contributed by atoms with E-state index >= 15 is 0 Å². The highest BCUT2D eigenvalue weighted by Gasteiger charge is 2.41. The summed E-state index contributed by atoms with van der Waals surface area (Å²) in [5.41, 5.74) is 3.42. The third kappa shape index (κ3) is 1.93. The van der Waals surface area contributed by atoms with Gasteiger partial charge in [-0.1, -0.05) is 41.9 Å². The Morgan fingerprint density at radius 1 is 1.47 bits per heavy atom.